The molecule has 0 atom stereocenters. The lowest BCUT2D eigenvalue weighted by Gasteiger charge is -2.13. The van der Waals surface area contributed by atoms with Crippen LogP contribution in [0, 0.1) is 19.7 Å². The van der Waals surface area contributed by atoms with Crippen LogP contribution in [0.3, 0.4) is 0 Å². The number of aryl methyl sites for hydroxylation is 1. The zero-order valence-electron chi connectivity index (χ0n) is 19.4. The number of halogens is 1. The number of hydrogen-bond acceptors (Lipinski definition) is 4. The molecule has 0 fully saturated rings. The van der Waals surface area contributed by atoms with Crippen molar-refractivity contribution in [1.82, 2.24) is 9.55 Å². The third-order valence-electron chi connectivity index (χ3n) is 5.77. The second-order valence-electron chi connectivity index (χ2n) is 7.89. The summed E-state index contributed by atoms with van der Waals surface area (Å²) in [5.74, 6) is 0.177. The Bertz CT molecular complexity index is 1360. The third kappa shape index (κ3) is 4.50. The van der Waals surface area contributed by atoms with E-state index in [0.29, 0.717) is 23.9 Å². The fraction of sp³-hybridized carbons (Fsp3) is 0.185. The predicted molar refractivity (Wildman–Crippen MR) is 131 cm³/mol. The number of benzene rings is 2. The minimum atomic E-state index is -0.383. The number of methoxy groups -OCH3 is 1. The number of pyridine rings is 1. The molecule has 0 unspecified atom stereocenters. The molecule has 0 aliphatic heterocycles. The number of amides is 1. The van der Waals surface area contributed by atoms with Crippen molar-refractivity contribution < 1.29 is 18.7 Å². The largest absolute Gasteiger partial charge is 0.495 e. The molecule has 1 amide bonds. The smallest absolute Gasteiger partial charge is 0.274 e. The van der Waals surface area contributed by atoms with Crippen LogP contribution < -0.4 is 14.8 Å². The summed E-state index contributed by atoms with van der Waals surface area (Å²) < 4.78 is 26.8. The summed E-state index contributed by atoms with van der Waals surface area (Å²) in [5, 5.41) is 3.74. The molecule has 34 heavy (non-hydrogen) atoms. The summed E-state index contributed by atoms with van der Waals surface area (Å²) in [5.41, 5.74) is 4.39. The van der Waals surface area contributed by atoms with E-state index in [-0.39, 0.29) is 24.0 Å². The molecule has 0 aliphatic carbocycles. The summed E-state index contributed by atoms with van der Waals surface area (Å²) >= 11 is 0. The van der Waals surface area contributed by atoms with Crippen molar-refractivity contribution in [2.45, 2.75) is 27.0 Å². The van der Waals surface area contributed by atoms with E-state index < -0.39 is 0 Å². The molecule has 0 saturated carbocycles. The standard InChI is InChI=1S/C27H26FN3O3/c1-5-14-31-18(3)17(2)21-15-23(26(32)29-22-8-6-7-9-24(22)33-4)30-27(25(21)31)34-16-19-10-12-20(28)13-11-19/h5-13,15H,1,14,16H2,2-4H3,(H,29,32). The van der Waals surface area contributed by atoms with Gasteiger partial charge >= 0.3 is 0 Å². The van der Waals surface area contributed by atoms with Gasteiger partial charge in [0.05, 0.1) is 12.8 Å². The van der Waals surface area contributed by atoms with Gasteiger partial charge in [0.2, 0.25) is 5.88 Å². The summed E-state index contributed by atoms with van der Waals surface area (Å²) in [7, 11) is 1.55. The number of nitrogens with one attached hydrogen (secondary N) is 1. The van der Waals surface area contributed by atoms with E-state index >= 15 is 0 Å². The average Bonchev–Trinajstić information content (AvgIpc) is 3.09. The lowest BCUT2D eigenvalue weighted by Crippen LogP contribution is -2.15. The van der Waals surface area contributed by atoms with Crippen LogP contribution in [0.15, 0.2) is 67.3 Å². The quantitative estimate of drug-likeness (QED) is 0.337. The van der Waals surface area contributed by atoms with Crippen LogP contribution >= 0.6 is 0 Å². The highest BCUT2D eigenvalue weighted by Crippen LogP contribution is 2.33. The van der Waals surface area contributed by atoms with Gasteiger partial charge < -0.3 is 19.4 Å². The third-order valence-corrected chi connectivity index (χ3v) is 5.77. The van der Waals surface area contributed by atoms with Crippen molar-refractivity contribution in [2.24, 2.45) is 0 Å². The maximum atomic E-state index is 13.3. The number of nitrogens with zero attached hydrogens (tertiary/aromatic N) is 2. The lowest BCUT2D eigenvalue weighted by atomic mass is 10.1. The molecule has 0 spiro atoms. The molecule has 1 N–H and O–H groups in total. The Balaban J connectivity index is 1.77. The zero-order chi connectivity index (χ0) is 24.2. The number of fused-ring (bicyclic) bond motifs is 1. The van der Waals surface area contributed by atoms with Gasteiger partial charge in [-0.1, -0.05) is 30.3 Å². The van der Waals surface area contributed by atoms with Crippen LogP contribution in [0.2, 0.25) is 0 Å². The molecular formula is C27H26FN3O3. The Morgan fingerprint density at radius 2 is 1.91 bits per heavy atom. The van der Waals surface area contributed by atoms with Crippen LogP contribution in [-0.2, 0) is 13.2 Å². The van der Waals surface area contributed by atoms with Gasteiger partial charge in [0.25, 0.3) is 5.91 Å². The first-order chi connectivity index (χ1) is 16.4. The van der Waals surface area contributed by atoms with Gasteiger partial charge in [-0.15, -0.1) is 6.58 Å². The van der Waals surface area contributed by atoms with E-state index in [0.717, 1.165) is 27.7 Å². The van der Waals surface area contributed by atoms with Crippen LogP contribution in [0.25, 0.3) is 10.9 Å². The lowest BCUT2D eigenvalue weighted by molar-refractivity contribution is 0.102. The second kappa shape index (κ2) is 9.79. The van der Waals surface area contributed by atoms with E-state index in [4.69, 9.17) is 9.47 Å². The fourth-order valence-corrected chi connectivity index (χ4v) is 3.87. The summed E-state index contributed by atoms with van der Waals surface area (Å²) in [6.45, 7) is 8.62. The fourth-order valence-electron chi connectivity index (χ4n) is 3.87. The molecule has 7 heteroatoms. The number of anilines is 1. The highest BCUT2D eigenvalue weighted by atomic mass is 19.1. The number of aromatic nitrogens is 2. The van der Waals surface area contributed by atoms with Crippen LogP contribution in [0.1, 0.15) is 27.3 Å². The number of rotatable bonds is 8. The van der Waals surface area contributed by atoms with E-state index in [1.54, 1.807) is 43.5 Å². The number of hydrogen-bond donors (Lipinski definition) is 1. The Hall–Kier alpha value is -4.13. The van der Waals surface area contributed by atoms with Crippen molar-refractivity contribution >= 4 is 22.5 Å². The minimum Gasteiger partial charge on any atom is -0.495 e. The van der Waals surface area contributed by atoms with Crippen molar-refractivity contribution in [1.29, 1.82) is 0 Å². The monoisotopic (exact) mass is 459 g/mol. The number of carbonyl (C=O) groups is 1. The Morgan fingerprint density at radius 3 is 2.62 bits per heavy atom. The van der Waals surface area contributed by atoms with Gasteiger partial charge in [-0.25, -0.2) is 9.37 Å². The van der Waals surface area contributed by atoms with E-state index in [2.05, 4.69) is 21.4 Å². The van der Waals surface area contributed by atoms with Crippen molar-refractivity contribution in [3.63, 3.8) is 0 Å². The van der Waals surface area contributed by atoms with Crippen molar-refractivity contribution in [2.75, 3.05) is 12.4 Å². The molecule has 0 aliphatic rings. The van der Waals surface area contributed by atoms with Crippen LogP contribution in [-0.4, -0.2) is 22.6 Å². The molecule has 0 radical (unpaired) electrons. The van der Waals surface area contributed by atoms with Crippen molar-refractivity contribution in [3.05, 3.63) is 95.6 Å². The molecule has 2 heterocycles. The first kappa shape index (κ1) is 23.0. The predicted octanol–water partition coefficient (Wildman–Crippen LogP) is 5.82. The van der Waals surface area contributed by atoms with Gasteiger partial charge in [-0.3, -0.25) is 4.79 Å². The number of para-hydroxylation sites is 2. The van der Waals surface area contributed by atoms with Crippen LogP contribution in [0.5, 0.6) is 11.6 Å². The Labute approximate surface area is 197 Å². The van der Waals surface area contributed by atoms with Gasteiger partial charge in [0.15, 0.2) is 0 Å². The first-order valence-electron chi connectivity index (χ1n) is 10.9. The molecular weight excluding hydrogens is 433 g/mol. The number of ether oxygens (including phenoxy) is 2. The molecule has 174 valence electrons. The van der Waals surface area contributed by atoms with Crippen molar-refractivity contribution in [3.8, 4) is 11.6 Å². The maximum absolute atomic E-state index is 13.3. The van der Waals surface area contributed by atoms with E-state index in [9.17, 15) is 9.18 Å². The topological polar surface area (TPSA) is 65.4 Å². The minimum absolute atomic E-state index is 0.178. The SMILES string of the molecule is C=CCn1c(C)c(C)c2cc(C(=O)Nc3ccccc3OC)nc(OCc3ccc(F)cc3)c21. The molecule has 4 rings (SSSR count). The zero-order valence-corrected chi connectivity index (χ0v) is 19.4. The van der Waals surface area contributed by atoms with Gasteiger partial charge in [0.1, 0.15) is 29.4 Å². The summed E-state index contributed by atoms with van der Waals surface area (Å²) in [6, 6.07) is 15.0. The van der Waals surface area contributed by atoms with Gasteiger partial charge in [-0.2, -0.15) is 0 Å². The molecule has 2 aromatic carbocycles. The number of carbonyl (C=O) groups excluding carboxylic acids is 1. The highest BCUT2D eigenvalue weighted by Gasteiger charge is 2.21. The maximum Gasteiger partial charge on any atom is 0.274 e. The summed E-state index contributed by atoms with van der Waals surface area (Å²) in [4.78, 5) is 17.7. The molecule has 4 aromatic rings. The average molecular weight is 460 g/mol. The number of allylic oxidation sites excluding steroid dienone is 1. The second-order valence-corrected chi connectivity index (χ2v) is 7.89. The normalized spacial score (nSPS) is 10.8. The van der Waals surface area contributed by atoms with E-state index in [1.165, 1.54) is 12.1 Å². The van der Waals surface area contributed by atoms with Crippen LogP contribution in [0.4, 0.5) is 10.1 Å². The Morgan fingerprint density at radius 1 is 1.18 bits per heavy atom. The Kier molecular flexibility index (Phi) is 6.63. The van der Waals surface area contributed by atoms with Gasteiger partial charge in [-0.05, 0) is 55.3 Å². The molecule has 6 nitrogen and oxygen atoms in total. The highest BCUT2D eigenvalue weighted by molar-refractivity contribution is 6.06. The summed E-state index contributed by atoms with van der Waals surface area (Å²) in [6.07, 6.45) is 1.80. The van der Waals surface area contributed by atoms with Gasteiger partial charge in [0, 0.05) is 17.6 Å². The first-order valence-corrected chi connectivity index (χ1v) is 10.9. The molecule has 0 bridgehead atoms. The van der Waals surface area contributed by atoms with E-state index in [1.807, 2.05) is 26.0 Å². The molecule has 0 saturated heterocycles. The molecule has 2 aromatic heterocycles.